The highest BCUT2D eigenvalue weighted by Crippen LogP contribution is 2.20. The zero-order valence-electron chi connectivity index (χ0n) is 12.9. The highest BCUT2D eigenvalue weighted by molar-refractivity contribution is 5.69. The quantitative estimate of drug-likeness (QED) is 0.850. The molecule has 1 amide bonds. The molecule has 0 N–H and O–H groups in total. The molecule has 1 unspecified atom stereocenters. The molecule has 2 aliphatic heterocycles. The second kappa shape index (κ2) is 6.52. The number of carbonyl (C=O) groups is 1. The van der Waals surface area contributed by atoms with Crippen LogP contribution in [0.15, 0.2) is 24.3 Å². The van der Waals surface area contributed by atoms with Crippen LogP contribution >= 0.6 is 0 Å². The molecule has 0 bridgehead atoms. The molecule has 120 valence electrons. The van der Waals surface area contributed by atoms with Gasteiger partial charge in [-0.05, 0) is 18.6 Å². The fourth-order valence-corrected chi connectivity index (χ4v) is 3.05. The van der Waals surface area contributed by atoms with Gasteiger partial charge in [0, 0.05) is 39.8 Å². The lowest BCUT2D eigenvalue weighted by molar-refractivity contribution is 0.121. The number of hydrogen-bond donors (Lipinski definition) is 0. The number of anilines is 1. The van der Waals surface area contributed by atoms with Crippen LogP contribution in [0, 0.1) is 5.82 Å². The zero-order chi connectivity index (χ0) is 15.5. The predicted molar refractivity (Wildman–Crippen MR) is 82.6 cm³/mol. The molecule has 22 heavy (non-hydrogen) atoms. The van der Waals surface area contributed by atoms with Gasteiger partial charge in [-0.1, -0.05) is 12.1 Å². The molecular weight excluding hydrogens is 285 g/mol. The molecular formula is C16H22FN3O2. The predicted octanol–water partition coefficient (Wildman–Crippen LogP) is 1.79. The Morgan fingerprint density at radius 2 is 1.95 bits per heavy atom. The van der Waals surface area contributed by atoms with Crippen LogP contribution in [-0.2, 0) is 4.74 Å². The average Bonchev–Trinajstić information content (AvgIpc) is 2.85. The van der Waals surface area contributed by atoms with Crippen molar-refractivity contribution >= 4 is 11.8 Å². The molecule has 1 atom stereocenters. The molecule has 5 nitrogen and oxygen atoms in total. The van der Waals surface area contributed by atoms with Crippen LogP contribution in [-0.4, -0.2) is 68.3 Å². The number of rotatable bonds is 4. The van der Waals surface area contributed by atoms with E-state index in [9.17, 15) is 9.18 Å². The maximum atomic E-state index is 13.8. The standard InChI is InChI=1S/C16H22FN3O2/c1-18-12-13(22-16(18)21)6-7-19-8-10-20(11-9-19)15-5-3-2-4-14(15)17/h2-5,13H,6-12H2,1H3. The number of carbonyl (C=O) groups excluding carboxylic acids is 1. The first-order chi connectivity index (χ1) is 10.6. The summed E-state index contributed by atoms with van der Waals surface area (Å²) in [6, 6.07) is 6.93. The van der Waals surface area contributed by atoms with Crippen LogP contribution in [0.2, 0.25) is 0 Å². The summed E-state index contributed by atoms with van der Waals surface area (Å²) in [6.07, 6.45) is 0.631. The Morgan fingerprint density at radius 1 is 1.23 bits per heavy atom. The van der Waals surface area contributed by atoms with Crippen molar-refractivity contribution in [1.82, 2.24) is 9.80 Å². The molecule has 2 heterocycles. The van der Waals surface area contributed by atoms with Gasteiger partial charge in [-0.15, -0.1) is 0 Å². The highest BCUT2D eigenvalue weighted by atomic mass is 19.1. The van der Waals surface area contributed by atoms with E-state index in [-0.39, 0.29) is 18.0 Å². The summed E-state index contributed by atoms with van der Waals surface area (Å²) in [5, 5.41) is 0. The SMILES string of the molecule is CN1CC(CCN2CCN(c3ccccc3F)CC2)OC1=O. The van der Waals surface area contributed by atoms with E-state index >= 15 is 0 Å². The molecule has 0 aromatic heterocycles. The minimum absolute atomic E-state index is 0.00194. The summed E-state index contributed by atoms with van der Waals surface area (Å²) in [6.45, 7) is 5.05. The summed E-state index contributed by atoms with van der Waals surface area (Å²) in [5.74, 6) is -0.156. The summed E-state index contributed by atoms with van der Waals surface area (Å²) < 4.78 is 19.1. The summed E-state index contributed by atoms with van der Waals surface area (Å²) in [4.78, 5) is 17.4. The lowest BCUT2D eigenvalue weighted by Gasteiger charge is -2.36. The van der Waals surface area contributed by atoms with E-state index in [0.29, 0.717) is 12.2 Å². The third kappa shape index (κ3) is 3.32. The van der Waals surface area contributed by atoms with Gasteiger partial charge in [-0.3, -0.25) is 4.90 Å². The first-order valence-electron chi connectivity index (χ1n) is 7.77. The largest absolute Gasteiger partial charge is 0.444 e. The van der Waals surface area contributed by atoms with Gasteiger partial charge in [0.2, 0.25) is 0 Å². The molecule has 1 aromatic carbocycles. The van der Waals surface area contributed by atoms with Crippen molar-refractivity contribution in [2.45, 2.75) is 12.5 Å². The van der Waals surface area contributed by atoms with Crippen molar-refractivity contribution in [2.24, 2.45) is 0 Å². The Kier molecular flexibility index (Phi) is 4.47. The van der Waals surface area contributed by atoms with E-state index < -0.39 is 0 Å². The normalized spacial score (nSPS) is 23.0. The van der Waals surface area contributed by atoms with Gasteiger partial charge in [0.05, 0.1) is 12.2 Å². The third-order valence-electron chi connectivity index (χ3n) is 4.39. The van der Waals surface area contributed by atoms with E-state index in [0.717, 1.165) is 39.1 Å². The monoisotopic (exact) mass is 307 g/mol. The second-order valence-corrected chi connectivity index (χ2v) is 5.96. The lowest BCUT2D eigenvalue weighted by atomic mass is 10.2. The molecule has 0 spiro atoms. The molecule has 1 aromatic rings. The van der Waals surface area contributed by atoms with Crippen molar-refractivity contribution < 1.29 is 13.9 Å². The molecule has 0 radical (unpaired) electrons. The van der Waals surface area contributed by atoms with Crippen molar-refractivity contribution in [3.63, 3.8) is 0 Å². The summed E-state index contributed by atoms with van der Waals surface area (Å²) in [7, 11) is 1.76. The van der Waals surface area contributed by atoms with E-state index in [1.54, 1.807) is 18.0 Å². The first-order valence-corrected chi connectivity index (χ1v) is 7.77. The average molecular weight is 307 g/mol. The van der Waals surface area contributed by atoms with E-state index in [4.69, 9.17) is 4.74 Å². The number of piperazine rings is 1. The Morgan fingerprint density at radius 3 is 2.59 bits per heavy atom. The van der Waals surface area contributed by atoms with Gasteiger partial charge in [0.25, 0.3) is 0 Å². The Hall–Kier alpha value is -1.82. The summed E-state index contributed by atoms with van der Waals surface area (Å²) in [5.41, 5.74) is 0.688. The Balaban J connectivity index is 1.44. The minimum atomic E-state index is -0.227. The van der Waals surface area contributed by atoms with Gasteiger partial charge >= 0.3 is 6.09 Å². The smallest absolute Gasteiger partial charge is 0.409 e. The maximum absolute atomic E-state index is 13.8. The number of para-hydroxylation sites is 1. The van der Waals surface area contributed by atoms with Crippen molar-refractivity contribution in [2.75, 3.05) is 51.2 Å². The molecule has 2 saturated heterocycles. The van der Waals surface area contributed by atoms with Crippen LogP contribution in [0.1, 0.15) is 6.42 Å². The van der Waals surface area contributed by atoms with E-state index in [1.807, 2.05) is 12.1 Å². The van der Waals surface area contributed by atoms with Crippen LogP contribution in [0.3, 0.4) is 0 Å². The number of cyclic esters (lactones) is 1. The number of halogens is 1. The van der Waals surface area contributed by atoms with Crippen LogP contribution in [0.5, 0.6) is 0 Å². The van der Waals surface area contributed by atoms with Crippen molar-refractivity contribution in [3.8, 4) is 0 Å². The number of likely N-dealkylation sites (N-methyl/N-ethyl adjacent to an activating group) is 1. The Bertz CT molecular complexity index is 532. The number of ether oxygens (including phenoxy) is 1. The molecule has 0 aliphatic carbocycles. The van der Waals surface area contributed by atoms with Crippen molar-refractivity contribution in [3.05, 3.63) is 30.1 Å². The highest BCUT2D eigenvalue weighted by Gasteiger charge is 2.28. The van der Waals surface area contributed by atoms with Crippen LogP contribution in [0.25, 0.3) is 0 Å². The van der Waals surface area contributed by atoms with Gasteiger partial charge in [-0.2, -0.15) is 0 Å². The fourth-order valence-electron chi connectivity index (χ4n) is 3.05. The summed E-state index contributed by atoms with van der Waals surface area (Å²) >= 11 is 0. The molecule has 0 saturated carbocycles. The van der Waals surface area contributed by atoms with Gasteiger partial charge in [0.1, 0.15) is 11.9 Å². The molecule has 2 fully saturated rings. The molecule has 3 rings (SSSR count). The third-order valence-corrected chi connectivity index (χ3v) is 4.39. The number of nitrogens with zero attached hydrogens (tertiary/aromatic N) is 3. The van der Waals surface area contributed by atoms with Crippen molar-refractivity contribution in [1.29, 1.82) is 0 Å². The maximum Gasteiger partial charge on any atom is 0.409 e. The fraction of sp³-hybridized carbons (Fsp3) is 0.562. The first kappa shape index (κ1) is 15.1. The molecule has 6 heteroatoms. The zero-order valence-corrected chi connectivity index (χ0v) is 12.9. The van der Waals surface area contributed by atoms with Crippen LogP contribution in [0.4, 0.5) is 14.9 Å². The van der Waals surface area contributed by atoms with E-state index in [2.05, 4.69) is 9.80 Å². The number of benzene rings is 1. The number of hydrogen-bond acceptors (Lipinski definition) is 4. The van der Waals surface area contributed by atoms with Crippen LogP contribution < -0.4 is 4.90 Å². The second-order valence-electron chi connectivity index (χ2n) is 5.96. The molecule has 2 aliphatic rings. The minimum Gasteiger partial charge on any atom is -0.444 e. The van der Waals surface area contributed by atoms with Gasteiger partial charge in [-0.25, -0.2) is 9.18 Å². The van der Waals surface area contributed by atoms with Gasteiger partial charge < -0.3 is 14.5 Å². The topological polar surface area (TPSA) is 36.0 Å². The Labute approximate surface area is 130 Å². The lowest BCUT2D eigenvalue weighted by Crippen LogP contribution is -2.47. The number of amides is 1. The van der Waals surface area contributed by atoms with Gasteiger partial charge in [0.15, 0.2) is 0 Å². The van der Waals surface area contributed by atoms with E-state index in [1.165, 1.54) is 6.07 Å².